The standard InChI is InChI=1S/C14H23N5OS/c1-5-10-12-13(17(4)16-10)19(14(21)15-12)9-8-11(20)18(6-2)7-3/h5-9H2,1-4H3,(H,15,21). The Kier molecular flexibility index (Phi) is 4.82. The highest BCUT2D eigenvalue weighted by Gasteiger charge is 2.16. The molecule has 0 radical (unpaired) electrons. The van der Waals surface area contributed by atoms with E-state index in [1.165, 1.54) is 0 Å². The molecule has 6 nitrogen and oxygen atoms in total. The fourth-order valence-corrected chi connectivity index (χ4v) is 2.95. The molecule has 0 spiro atoms. The first kappa shape index (κ1) is 15.8. The van der Waals surface area contributed by atoms with Crippen LogP contribution in [0.3, 0.4) is 0 Å². The summed E-state index contributed by atoms with van der Waals surface area (Å²) in [7, 11) is 1.91. The molecule has 2 heterocycles. The topological polar surface area (TPSA) is 58.9 Å². The first-order valence-electron chi connectivity index (χ1n) is 7.45. The molecule has 0 aliphatic rings. The van der Waals surface area contributed by atoms with E-state index in [9.17, 15) is 4.79 Å². The van der Waals surface area contributed by atoms with Gasteiger partial charge in [0.05, 0.1) is 5.69 Å². The Labute approximate surface area is 129 Å². The molecule has 0 saturated carbocycles. The molecule has 1 amide bonds. The molecular formula is C14H23N5OS. The van der Waals surface area contributed by atoms with Gasteiger partial charge in [0.25, 0.3) is 0 Å². The van der Waals surface area contributed by atoms with E-state index < -0.39 is 0 Å². The van der Waals surface area contributed by atoms with Gasteiger partial charge < -0.3 is 14.5 Å². The van der Waals surface area contributed by atoms with E-state index in [-0.39, 0.29) is 5.91 Å². The number of imidazole rings is 1. The number of nitrogens with zero attached hydrogens (tertiary/aromatic N) is 4. The van der Waals surface area contributed by atoms with E-state index in [1.807, 2.05) is 35.0 Å². The minimum Gasteiger partial charge on any atom is -0.343 e. The van der Waals surface area contributed by atoms with Gasteiger partial charge in [0.1, 0.15) is 5.52 Å². The molecule has 2 aromatic rings. The maximum atomic E-state index is 12.1. The normalized spacial score (nSPS) is 11.2. The quantitative estimate of drug-likeness (QED) is 0.833. The first-order valence-corrected chi connectivity index (χ1v) is 7.86. The smallest absolute Gasteiger partial charge is 0.224 e. The summed E-state index contributed by atoms with van der Waals surface area (Å²) in [6, 6.07) is 0. The van der Waals surface area contributed by atoms with Crippen LogP contribution in [0.4, 0.5) is 0 Å². The molecule has 1 N–H and O–H groups in total. The second-order valence-corrected chi connectivity index (χ2v) is 5.41. The number of H-pyrrole nitrogens is 1. The predicted molar refractivity (Wildman–Crippen MR) is 85.8 cm³/mol. The van der Waals surface area contributed by atoms with Gasteiger partial charge in [0.15, 0.2) is 10.4 Å². The number of hydrogen-bond acceptors (Lipinski definition) is 3. The van der Waals surface area contributed by atoms with Crippen molar-refractivity contribution in [1.82, 2.24) is 24.2 Å². The molecule has 21 heavy (non-hydrogen) atoms. The Balaban J connectivity index is 2.27. The SMILES string of the molecule is CCc1nn(C)c2c1[nH]c(=S)n2CCC(=O)N(CC)CC. The van der Waals surface area contributed by atoms with Crippen LogP contribution in [0.15, 0.2) is 0 Å². The Bertz CT molecular complexity index is 692. The molecule has 0 atom stereocenters. The monoisotopic (exact) mass is 309 g/mol. The third-order valence-electron chi connectivity index (χ3n) is 3.82. The minimum absolute atomic E-state index is 0.161. The van der Waals surface area contributed by atoms with Gasteiger partial charge >= 0.3 is 0 Å². The van der Waals surface area contributed by atoms with Crippen molar-refractivity contribution >= 4 is 29.3 Å². The van der Waals surface area contributed by atoms with Crippen molar-refractivity contribution in [2.45, 2.75) is 40.2 Å². The largest absolute Gasteiger partial charge is 0.343 e. The first-order chi connectivity index (χ1) is 10.0. The van der Waals surface area contributed by atoms with Gasteiger partial charge in [-0.1, -0.05) is 6.92 Å². The fraction of sp³-hybridized carbons (Fsp3) is 0.643. The minimum atomic E-state index is 0.161. The number of carbonyl (C=O) groups is 1. The summed E-state index contributed by atoms with van der Waals surface area (Å²) in [5, 5.41) is 4.49. The van der Waals surface area contributed by atoms with Crippen LogP contribution in [0.1, 0.15) is 32.9 Å². The third-order valence-corrected chi connectivity index (χ3v) is 4.14. The summed E-state index contributed by atoms with van der Waals surface area (Å²) in [6.45, 7) is 8.13. The maximum absolute atomic E-state index is 12.1. The third kappa shape index (κ3) is 2.88. The highest BCUT2D eigenvalue weighted by molar-refractivity contribution is 7.71. The van der Waals surface area contributed by atoms with Crippen LogP contribution >= 0.6 is 12.2 Å². The molecule has 0 aromatic carbocycles. The molecule has 2 aromatic heterocycles. The van der Waals surface area contributed by atoms with Crippen molar-refractivity contribution in [1.29, 1.82) is 0 Å². The van der Waals surface area contributed by atoms with Crippen LogP contribution < -0.4 is 0 Å². The summed E-state index contributed by atoms with van der Waals surface area (Å²) in [5.41, 5.74) is 2.96. The van der Waals surface area contributed by atoms with E-state index >= 15 is 0 Å². The second-order valence-electron chi connectivity index (χ2n) is 5.02. The van der Waals surface area contributed by atoms with Crippen molar-refractivity contribution in [2.75, 3.05) is 13.1 Å². The highest BCUT2D eigenvalue weighted by atomic mass is 32.1. The summed E-state index contributed by atoms with van der Waals surface area (Å²) < 4.78 is 4.46. The molecule has 0 saturated heterocycles. The lowest BCUT2D eigenvalue weighted by molar-refractivity contribution is -0.131. The van der Waals surface area contributed by atoms with Gasteiger partial charge in [-0.05, 0) is 32.5 Å². The number of hydrogen-bond donors (Lipinski definition) is 1. The van der Waals surface area contributed by atoms with E-state index in [4.69, 9.17) is 12.2 Å². The van der Waals surface area contributed by atoms with Gasteiger partial charge in [-0.15, -0.1) is 0 Å². The molecule has 0 bridgehead atoms. The molecule has 7 heteroatoms. The fourth-order valence-electron chi connectivity index (χ4n) is 2.67. The number of fused-ring (bicyclic) bond motifs is 1. The van der Waals surface area contributed by atoms with Gasteiger partial charge in [-0.2, -0.15) is 5.10 Å². The van der Waals surface area contributed by atoms with Gasteiger partial charge in [-0.3, -0.25) is 9.48 Å². The molecular weight excluding hydrogens is 286 g/mol. The van der Waals surface area contributed by atoms with Crippen molar-refractivity contribution in [2.24, 2.45) is 7.05 Å². The van der Waals surface area contributed by atoms with E-state index in [1.54, 1.807) is 0 Å². The van der Waals surface area contributed by atoms with Crippen molar-refractivity contribution in [3.8, 4) is 0 Å². The number of nitrogens with one attached hydrogen (secondary N) is 1. The Morgan fingerprint density at radius 1 is 1.33 bits per heavy atom. The van der Waals surface area contributed by atoms with E-state index in [0.29, 0.717) is 17.7 Å². The molecule has 0 fully saturated rings. The van der Waals surface area contributed by atoms with Crippen LogP contribution in [-0.2, 0) is 24.8 Å². The zero-order chi connectivity index (χ0) is 15.6. The average molecular weight is 309 g/mol. The molecule has 2 rings (SSSR count). The lowest BCUT2D eigenvalue weighted by Crippen LogP contribution is -2.31. The number of rotatable bonds is 6. The summed E-state index contributed by atoms with van der Waals surface area (Å²) in [4.78, 5) is 17.2. The van der Waals surface area contributed by atoms with Crippen LogP contribution in [0.5, 0.6) is 0 Å². The van der Waals surface area contributed by atoms with Crippen molar-refractivity contribution in [3.05, 3.63) is 10.5 Å². The molecule has 0 unspecified atom stereocenters. The Morgan fingerprint density at radius 2 is 2.00 bits per heavy atom. The number of aromatic nitrogens is 4. The van der Waals surface area contributed by atoms with E-state index in [2.05, 4.69) is 17.0 Å². The summed E-state index contributed by atoms with van der Waals surface area (Å²) >= 11 is 5.39. The second kappa shape index (κ2) is 6.43. The molecule has 116 valence electrons. The Hall–Kier alpha value is -1.63. The summed E-state index contributed by atoms with van der Waals surface area (Å²) in [6.07, 6.45) is 1.31. The molecule has 0 aliphatic heterocycles. The highest BCUT2D eigenvalue weighted by Crippen LogP contribution is 2.18. The van der Waals surface area contributed by atoms with Crippen LogP contribution in [0.25, 0.3) is 11.2 Å². The predicted octanol–water partition coefficient (Wildman–Crippen LogP) is 2.25. The lowest BCUT2D eigenvalue weighted by atomic mass is 10.3. The summed E-state index contributed by atoms with van der Waals surface area (Å²) in [5.74, 6) is 0.161. The van der Waals surface area contributed by atoms with Gasteiger partial charge in [0.2, 0.25) is 5.91 Å². The van der Waals surface area contributed by atoms with Gasteiger partial charge in [-0.25, -0.2) is 0 Å². The zero-order valence-corrected chi connectivity index (χ0v) is 14.0. The number of aromatic amines is 1. The van der Waals surface area contributed by atoms with Crippen molar-refractivity contribution < 1.29 is 4.79 Å². The Morgan fingerprint density at radius 3 is 2.57 bits per heavy atom. The molecule has 0 aliphatic carbocycles. The van der Waals surface area contributed by atoms with E-state index in [0.717, 1.165) is 36.4 Å². The van der Waals surface area contributed by atoms with Crippen LogP contribution in [0.2, 0.25) is 0 Å². The number of amides is 1. The lowest BCUT2D eigenvalue weighted by Gasteiger charge is -2.18. The van der Waals surface area contributed by atoms with Crippen LogP contribution in [0, 0.1) is 4.77 Å². The number of carbonyl (C=O) groups excluding carboxylic acids is 1. The maximum Gasteiger partial charge on any atom is 0.224 e. The van der Waals surface area contributed by atoms with Gasteiger partial charge in [0, 0.05) is 33.1 Å². The number of aryl methyl sites for hydroxylation is 3. The van der Waals surface area contributed by atoms with Crippen LogP contribution in [-0.4, -0.2) is 43.2 Å². The van der Waals surface area contributed by atoms with Crippen molar-refractivity contribution in [3.63, 3.8) is 0 Å². The average Bonchev–Trinajstić information content (AvgIpc) is 2.95. The zero-order valence-electron chi connectivity index (χ0n) is 13.1.